The summed E-state index contributed by atoms with van der Waals surface area (Å²) in [6.07, 6.45) is 2.52. The molecule has 2 heterocycles. The molecule has 0 bridgehead atoms. The second kappa shape index (κ2) is 4.97. The summed E-state index contributed by atoms with van der Waals surface area (Å²) in [4.78, 5) is 8.67. The summed E-state index contributed by atoms with van der Waals surface area (Å²) in [6, 6.07) is 9.69. The Morgan fingerprint density at radius 1 is 1.26 bits per heavy atom. The first-order valence-electron chi connectivity index (χ1n) is 6.11. The molecule has 0 aliphatic heterocycles. The lowest BCUT2D eigenvalue weighted by Crippen LogP contribution is -1.91. The highest BCUT2D eigenvalue weighted by Crippen LogP contribution is 2.28. The molecule has 0 aliphatic carbocycles. The number of aromatic nitrogens is 3. The zero-order chi connectivity index (χ0) is 13.2. The Bertz CT molecular complexity index is 705. The van der Waals surface area contributed by atoms with Crippen LogP contribution in [0.4, 0.5) is 0 Å². The molecular formula is C14H12ClN3O. The van der Waals surface area contributed by atoms with Crippen LogP contribution in [0.5, 0.6) is 0 Å². The molecule has 3 rings (SSSR count). The maximum Gasteiger partial charge on any atom is 0.258 e. The van der Waals surface area contributed by atoms with E-state index in [-0.39, 0.29) is 5.38 Å². The summed E-state index contributed by atoms with van der Waals surface area (Å²) >= 11 is 6.11. The third kappa shape index (κ3) is 2.19. The fraction of sp³-hybridized carbons (Fsp3) is 0.214. The molecule has 4 nitrogen and oxygen atoms in total. The molecule has 19 heavy (non-hydrogen) atoms. The molecule has 0 radical (unpaired) electrons. The highest BCUT2D eigenvalue weighted by Gasteiger charge is 2.16. The molecule has 0 aliphatic rings. The van der Waals surface area contributed by atoms with E-state index in [1.165, 1.54) is 0 Å². The zero-order valence-electron chi connectivity index (χ0n) is 10.4. The molecule has 1 atom stereocenters. The van der Waals surface area contributed by atoms with Crippen molar-refractivity contribution in [2.45, 2.75) is 18.7 Å². The van der Waals surface area contributed by atoms with Crippen molar-refractivity contribution in [2.75, 3.05) is 0 Å². The second-order valence-electron chi connectivity index (χ2n) is 4.21. The smallest absolute Gasteiger partial charge is 0.258 e. The van der Waals surface area contributed by atoms with E-state index in [2.05, 4.69) is 15.1 Å². The molecule has 0 amide bonds. The third-order valence-electron chi connectivity index (χ3n) is 2.96. The molecule has 0 saturated carbocycles. The number of pyridine rings is 1. The van der Waals surface area contributed by atoms with E-state index < -0.39 is 0 Å². The van der Waals surface area contributed by atoms with Crippen LogP contribution in [0.15, 0.2) is 41.1 Å². The largest absolute Gasteiger partial charge is 0.334 e. The molecule has 0 spiro atoms. The van der Waals surface area contributed by atoms with Crippen LogP contribution in [0, 0.1) is 0 Å². The second-order valence-corrected chi connectivity index (χ2v) is 4.74. The van der Waals surface area contributed by atoms with Crippen molar-refractivity contribution in [1.29, 1.82) is 0 Å². The molecule has 5 heteroatoms. The average Bonchev–Trinajstić information content (AvgIpc) is 2.95. The van der Waals surface area contributed by atoms with E-state index in [1.807, 2.05) is 37.3 Å². The molecule has 2 aromatic heterocycles. The SMILES string of the molecule is CCC(Cl)c1noc(-c2cccc3ncccc23)n1. The molecule has 1 aromatic carbocycles. The van der Waals surface area contributed by atoms with Gasteiger partial charge in [-0.25, -0.2) is 0 Å². The van der Waals surface area contributed by atoms with E-state index >= 15 is 0 Å². The van der Waals surface area contributed by atoms with E-state index in [9.17, 15) is 0 Å². The van der Waals surface area contributed by atoms with Crippen LogP contribution in [0.3, 0.4) is 0 Å². The zero-order valence-corrected chi connectivity index (χ0v) is 11.1. The monoisotopic (exact) mass is 273 g/mol. The summed E-state index contributed by atoms with van der Waals surface area (Å²) in [5.41, 5.74) is 1.78. The van der Waals surface area contributed by atoms with Crippen molar-refractivity contribution in [2.24, 2.45) is 0 Å². The summed E-state index contributed by atoms with van der Waals surface area (Å²) in [5.74, 6) is 1.01. The molecule has 0 fully saturated rings. The van der Waals surface area contributed by atoms with Gasteiger partial charge in [0.05, 0.1) is 10.9 Å². The predicted molar refractivity (Wildman–Crippen MR) is 73.9 cm³/mol. The topological polar surface area (TPSA) is 51.8 Å². The van der Waals surface area contributed by atoms with Crippen molar-refractivity contribution in [3.8, 4) is 11.5 Å². The van der Waals surface area contributed by atoms with E-state index in [1.54, 1.807) is 6.20 Å². The van der Waals surface area contributed by atoms with Gasteiger partial charge in [-0.1, -0.05) is 24.2 Å². The standard InChI is InChI=1S/C14H12ClN3O/c1-2-11(15)13-17-14(19-18-13)10-5-3-7-12-9(10)6-4-8-16-12/h3-8,11H,2H2,1H3. The number of fused-ring (bicyclic) bond motifs is 1. The van der Waals surface area contributed by atoms with Crippen LogP contribution in [0.1, 0.15) is 24.5 Å². The molecule has 0 N–H and O–H groups in total. The first kappa shape index (κ1) is 12.1. The van der Waals surface area contributed by atoms with Gasteiger partial charge in [0.15, 0.2) is 5.82 Å². The van der Waals surface area contributed by atoms with Gasteiger partial charge >= 0.3 is 0 Å². The van der Waals surface area contributed by atoms with Gasteiger partial charge in [-0.2, -0.15) is 4.98 Å². The maximum absolute atomic E-state index is 6.11. The Hall–Kier alpha value is -1.94. The lowest BCUT2D eigenvalue weighted by molar-refractivity contribution is 0.421. The summed E-state index contributed by atoms with van der Waals surface area (Å²) in [7, 11) is 0. The molecule has 1 unspecified atom stereocenters. The van der Waals surface area contributed by atoms with E-state index in [4.69, 9.17) is 16.1 Å². The first-order chi connectivity index (χ1) is 9.29. The third-order valence-corrected chi connectivity index (χ3v) is 3.46. The number of hydrogen-bond acceptors (Lipinski definition) is 4. The Balaban J connectivity index is 2.12. The van der Waals surface area contributed by atoms with Gasteiger partial charge in [0, 0.05) is 17.1 Å². The molecule has 3 aromatic rings. The first-order valence-corrected chi connectivity index (χ1v) is 6.55. The van der Waals surface area contributed by atoms with Gasteiger partial charge in [-0.05, 0) is 24.6 Å². The minimum Gasteiger partial charge on any atom is -0.334 e. The quantitative estimate of drug-likeness (QED) is 0.678. The Labute approximate surface area is 115 Å². The van der Waals surface area contributed by atoms with E-state index in [0.29, 0.717) is 11.7 Å². The number of alkyl halides is 1. The molecule has 96 valence electrons. The predicted octanol–water partition coefficient (Wildman–Crippen LogP) is 3.97. The van der Waals surface area contributed by atoms with Crippen LogP contribution < -0.4 is 0 Å². The highest BCUT2D eigenvalue weighted by atomic mass is 35.5. The van der Waals surface area contributed by atoms with Crippen molar-refractivity contribution in [3.05, 3.63) is 42.4 Å². The van der Waals surface area contributed by atoms with Crippen LogP contribution in [-0.4, -0.2) is 15.1 Å². The van der Waals surface area contributed by atoms with E-state index in [0.717, 1.165) is 22.9 Å². The van der Waals surface area contributed by atoms with Crippen molar-refractivity contribution < 1.29 is 4.52 Å². The Morgan fingerprint density at radius 3 is 3.00 bits per heavy atom. The van der Waals surface area contributed by atoms with Gasteiger partial charge in [0.25, 0.3) is 5.89 Å². The van der Waals surface area contributed by atoms with Gasteiger partial charge in [-0.3, -0.25) is 4.98 Å². The fourth-order valence-corrected chi connectivity index (χ4v) is 2.03. The van der Waals surface area contributed by atoms with Crippen molar-refractivity contribution >= 4 is 22.5 Å². The lowest BCUT2D eigenvalue weighted by Gasteiger charge is -2.00. The normalized spacial score (nSPS) is 12.7. The Kier molecular flexibility index (Phi) is 3.17. The summed E-state index contributed by atoms with van der Waals surface area (Å²) in [5, 5.41) is 4.70. The lowest BCUT2D eigenvalue weighted by atomic mass is 10.1. The fourth-order valence-electron chi connectivity index (χ4n) is 1.94. The van der Waals surface area contributed by atoms with Crippen LogP contribution >= 0.6 is 11.6 Å². The average molecular weight is 274 g/mol. The number of nitrogens with zero attached hydrogens (tertiary/aromatic N) is 3. The number of rotatable bonds is 3. The van der Waals surface area contributed by atoms with Gasteiger partial charge in [0.1, 0.15) is 0 Å². The molecule has 0 saturated heterocycles. The van der Waals surface area contributed by atoms with Crippen LogP contribution in [-0.2, 0) is 0 Å². The van der Waals surface area contributed by atoms with Crippen molar-refractivity contribution in [3.63, 3.8) is 0 Å². The highest BCUT2D eigenvalue weighted by molar-refractivity contribution is 6.20. The maximum atomic E-state index is 6.11. The number of benzene rings is 1. The Morgan fingerprint density at radius 2 is 2.16 bits per heavy atom. The van der Waals surface area contributed by atoms with Crippen LogP contribution in [0.2, 0.25) is 0 Å². The van der Waals surface area contributed by atoms with Gasteiger partial charge < -0.3 is 4.52 Å². The number of halogens is 1. The molecular weight excluding hydrogens is 262 g/mol. The van der Waals surface area contributed by atoms with Crippen molar-refractivity contribution in [1.82, 2.24) is 15.1 Å². The summed E-state index contributed by atoms with van der Waals surface area (Å²) in [6.45, 7) is 1.98. The number of hydrogen-bond donors (Lipinski definition) is 0. The van der Waals surface area contributed by atoms with Gasteiger partial charge in [0.2, 0.25) is 0 Å². The summed E-state index contributed by atoms with van der Waals surface area (Å²) < 4.78 is 5.31. The minimum atomic E-state index is -0.217. The van der Waals surface area contributed by atoms with Crippen LogP contribution in [0.25, 0.3) is 22.4 Å². The minimum absolute atomic E-state index is 0.217. The van der Waals surface area contributed by atoms with Gasteiger partial charge in [-0.15, -0.1) is 11.6 Å².